The summed E-state index contributed by atoms with van der Waals surface area (Å²) in [4.78, 5) is 2.39. The monoisotopic (exact) mass is 234 g/mol. The lowest BCUT2D eigenvalue weighted by atomic mass is 9.93. The first-order valence-electron chi connectivity index (χ1n) is 6.41. The first kappa shape index (κ1) is 12.2. The highest BCUT2D eigenvalue weighted by atomic mass is 16.5. The molecule has 0 aromatic heterocycles. The van der Waals surface area contributed by atoms with Crippen LogP contribution in [0.25, 0.3) is 0 Å². The molecule has 0 spiro atoms. The number of hydrogen-bond acceptors (Lipinski definition) is 3. The Hall–Kier alpha value is -1.22. The normalized spacial score (nSPS) is 15.8. The van der Waals surface area contributed by atoms with Crippen molar-refractivity contribution in [2.45, 2.75) is 26.3 Å². The second-order valence-electron chi connectivity index (χ2n) is 4.73. The average Bonchev–Trinajstić information content (AvgIpc) is 2.32. The maximum Gasteiger partial charge on any atom is 0.142 e. The molecule has 1 aliphatic rings. The van der Waals surface area contributed by atoms with Crippen LogP contribution in [0.15, 0.2) is 18.2 Å². The lowest BCUT2D eigenvalue weighted by Gasteiger charge is -2.42. The fraction of sp³-hybridized carbons (Fsp3) is 0.571. The smallest absolute Gasteiger partial charge is 0.142 e. The van der Waals surface area contributed by atoms with E-state index in [4.69, 9.17) is 10.5 Å². The predicted molar refractivity (Wildman–Crippen MR) is 71.5 cm³/mol. The van der Waals surface area contributed by atoms with E-state index in [0.717, 1.165) is 24.8 Å². The molecule has 1 aromatic carbocycles. The Morgan fingerprint density at radius 2 is 2.18 bits per heavy atom. The molecule has 1 saturated heterocycles. The minimum atomic E-state index is 0.571. The van der Waals surface area contributed by atoms with Crippen LogP contribution < -0.4 is 15.4 Å². The third kappa shape index (κ3) is 2.39. The van der Waals surface area contributed by atoms with Crippen LogP contribution in [0.4, 0.5) is 5.69 Å². The average molecular weight is 234 g/mol. The summed E-state index contributed by atoms with van der Waals surface area (Å²) in [6.07, 6.45) is 2.60. The number of methoxy groups -OCH3 is 1. The Kier molecular flexibility index (Phi) is 3.89. The molecule has 2 rings (SSSR count). The Bertz CT molecular complexity index is 350. The van der Waals surface area contributed by atoms with Crippen LogP contribution in [-0.4, -0.2) is 20.2 Å². The van der Waals surface area contributed by atoms with E-state index in [1.807, 2.05) is 12.1 Å². The number of benzene rings is 1. The van der Waals surface area contributed by atoms with Gasteiger partial charge in [0.15, 0.2) is 0 Å². The van der Waals surface area contributed by atoms with Crippen LogP contribution in [0, 0.1) is 5.92 Å². The van der Waals surface area contributed by atoms with E-state index >= 15 is 0 Å². The number of ether oxygens (including phenoxy) is 1. The molecule has 1 heterocycles. The molecule has 0 unspecified atom stereocenters. The molecule has 0 bridgehead atoms. The molecule has 1 aromatic rings. The minimum Gasteiger partial charge on any atom is -0.495 e. The SMILES string of the molecule is CCCC1CN(c2c(CN)cccc2OC)C1. The van der Waals surface area contributed by atoms with Gasteiger partial charge in [0.25, 0.3) is 0 Å². The molecule has 0 atom stereocenters. The van der Waals surface area contributed by atoms with Gasteiger partial charge in [-0.1, -0.05) is 25.5 Å². The molecule has 94 valence electrons. The van der Waals surface area contributed by atoms with Crippen molar-refractivity contribution >= 4 is 5.69 Å². The van der Waals surface area contributed by atoms with Crippen molar-refractivity contribution in [2.75, 3.05) is 25.1 Å². The summed E-state index contributed by atoms with van der Waals surface area (Å²) < 4.78 is 5.44. The zero-order chi connectivity index (χ0) is 12.3. The standard InChI is InChI=1S/C14H22N2O/c1-3-5-11-9-16(10-11)14-12(8-15)6-4-7-13(14)17-2/h4,6-7,11H,3,5,8-10,15H2,1-2H3. The second-order valence-corrected chi connectivity index (χ2v) is 4.73. The highest BCUT2D eigenvalue weighted by Crippen LogP contribution is 2.37. The number of anilines is 1. The quantitative estimate of drug-likeness (QED) is 0.850. The van der Waals surface area contributed by atoms with E-state index in [0.29, 0.717) is 6.54 Å². The minimum absolute atomic E-state index is 0.571. The van der Waals surface area contributed by atoms with Crippen LogP contribution in [0.2, 0.25) is 0 Å². The Labute approximate surface area is 104 Å². The first-order valence-corrected chi connectivity index (χ1v) is 6.41. The van der Waals surface area contributed by atoms with Gasteiger partial charge in [0.2, 0.25) is 0 Å². The molecule has 1 aliphatic heterocycles. The van der Waals surface area contributed by atoms with E-state index in [2.05, 4.69) is 17.9 Å². The van der Waals surface area contributed by atoms with Crippen LogP contribution in [0.5, 0.6) is 5.75 Å². The molecule has 0 aliphatic carbocycles. The third-order valence-corrected chi connectivity index (χ3v) is 3.49. The number of hydrogen-bond donors (Lipinski definition) is 1. The Morgan fingerprint density at radius 3 is 2.76 bits per heavy atom. The van der Waals surface area contributed by atoms with E-state index in [-0.39, 0.29) is 0 Å². The van der Waals surface area contributed by atoms with Gasteiger partial charge in [-0.25, -0.2) is 0 Å². The van der Waals surface area contributed by atoms with Crippen molar-refractivity contribution in [3.05, 3.63) is 23.8 Å². The summed E-state index contributed by atoms with van der Waals surface area (Å²) in [6.45, 7) is 5.10. The first-order chi connectivity index (χ1) is 8.30. The van der Waals surface area contributed by atoms with E-state index in [1.54, 1.807) is 7.11 Å². The van der Waals surface area contributed by atoms with Gasteiger partial charge in [0, 0.05) is 19.6 Å². The molecule has 3 nitrogen and oxygen atoms in total. The lowest BCUT2D eigenvalue weighted by molar-refractivity contribution is 0.367. The summed E-state index contributed by atoms with van der Waals surface area (Å²) in [5.74, 6) is 1.79. The number of nitrogens with zero attached hydrogens (tertiary/aromatic N) is 1. The van der Waals surface area contributed by atoms with Crippen LogP contribution in [-0.2, 0) is 6.54 Å². The van der Waals surface area contributed by atoms with Crippen molar-refractivity contribution < 1.29 is 4.74 Å². The molecule has 17 heavy (non-hydrogen) atoms. The van der Waals surface area contributed by atoms with Gasteiger partial charge in [-0.05, 0) is 24.0 Å². The summed E-state index contributed by atoms with van der Waals surface area (Å²) in [5, 5.41) is 0. The van der Waals surface area contributed by atoms with Crippen LogP contribution in [0.1, 0.15) is 25.3 Å². The summed E-state index contributed by atoms with van der Waals surface area (Å²) in [6, 6.07) is 6.11. The van der Waals surface area contributed by atoms with Gasteiger partial charge in [0.1, 0.15) is 5.75 Å². The molecule has 0 radical (unpaired) electrons. The van der Waals surface area contributed by atoms with Gasteiger partial charge in [-0.3, -0.25) is 0 Å². The lowest BCUT2D eigenvalue weighted by Crippen LogP contribution is -2.47. The summed E-state index contributed by atoms with van der Waals surface area (Å²) in [7, 11) is 1.72. The van der Waals surface area contributed by atoms with E-state index < -0.39 is 0 Å². The van der Waals surface area contributed by atoms with Crippen molar-refractivity contribution in [2.24, 2.45) is 11.7 Å². The number of rotatable bonds is 5. The maximum atomic E-state index is 5.80. The van der Waals surface area contributed by atoms with Crippen molar-refractivity contribution in [3.63, 3.8) is 0 Å². The fourth-order valence-electron chi connectivity index (χ4n) is 2.60. The molecule has 3 heteroatoms. The summed E-state index contributed by atoms with van der Waals surface area (Å²) in [5.41, 5.74) is 8.18. The van der Waals surface area contributed by atoms with Crippen LogP contribution in [0.3, 0.4) is 0 Å². The largest absolute Gasteiger partial charge is 0.495 e. The molecule has 1 fully saturated rings. The highest BCUT2D eigenvalue weighted by molar-refractivity contribution is 5.65. The zero-order valence-corrected chi connectivity index (χ0v) is 10.8. The van der Waals surface area contributed by atoms with Crippen LogP contribution >= 0.6 is 0 Å². The van der Waals surface area contributed by atoms with E-state index in [9.17, 15) is 0 Å². The fourth-order valence-corrected chi connectivity index (χ4v) is 2.60. The topological polar surface area (TPSA) is 38.5 Å². The molecule has 2 N–H and O–H groups in total. The zero-order valence-electron chi connectivity index (χ0n) is 10.8. The third-order valence-electron chi connectivity index (χ3n) is 3.49. The number of para-hydroxylation sites is 1. The van der Waals surface area contributed by atoms with Gasteiger partial charge in [0.05, 0.1) is 12.8 Å². The Balaban J connectivity index is 2.15. The van der Waals surface area contributed by atoms with Crippen molar-refractivity contribution in [3.8, 4) is 5.75 Å². The highest BCUT2D eigenvalue weighted by Gasteiger charge is 2.29. The summed E-state index contributed by atoms with van der Waals surface area (Å²) >= 11 is 0. The van der Waals surface area contributed by atoms with Gasteiger partial charge >= 0.3 is 0 Å². The van der Waals surface area contributed by atoms with Gasteiger partial charge in [-0.2, -0.15) is 0 Å². The van der Waals surface area contributed by atoms with E-state index in [1.165, 1.54) is 24.1 Å². The van der Waals surface area contributed by atoms with Gasteiger partial charge in [-0.15, -0.1) is 0 Å². The molecular formula is C14H22N2O. The maximum absolute atomic E-state index is 5.80. The predicted octanol–water partition coefficient (Wildman–Crippen LogP) is 2.39. The molecular weight excluding hydrogens is 212 g/mol. The van der Waals surface area contributed by atoms with Crippen molar-refractivity contribution in [1.82, 2.24) is 0 Å². The second kappa shape index (κ2) is 5.41. The van der Waals surface area contributed by atoms with Gasteiger partial charge < -0.3 is 15.4 Å². The number of nitrogens with two attached hydrogens (primary N) is 1. The molecule has 0 saturated carbocycles. The molecule has 0 amide bonds. The van der Waals surface area contributed by atoms with Crippen molar-refractivity contribution in [1.29, 1.82) is 0 Å². The Morgan fingerprint density at radius 1 is 1.41 bits per heavy atom.